The predicted octanol–water partition coefficient (Wildman–Crippen LogP) is 2.18. The van der Waals surface area contributed by atoms with Crippen molar-refractivity contribution < 1.29 is 22.6 Å². The maximum atomic E-state index is 12.5. The summed E-state index contributed by atoms with van der Waals surface area (Å²) in [6.45, 7) is 0.0461. The summed E-state index contributed by atoms with van der Waals surface area (Å²) in [4.78, 5) is 0. The largest absolute Gasteiger partial charge is 0.496 e. The van der Waals surface area contributed by atoms with Crippen LogP contribution in [0.15, 0.2) is 12.1 Å². The molecule has 1 rings (SSSR count). The summed E-state index contributed by atoms with van der Waals surface area (Å²) in [6, 6.07) is 1.81. The van der Waals surface area contributed by atoms with E-state index in [1.165, 1.54) is 14.2 Å². The van der Waals surface area contributed by atoms with Crippen LogP contribution in [-0.4, -0.2) is 14.2 Å². The Morgan fingerprint density at radius 3 is 1.81 bits per heavy atom. The molecule has 0 aliphatic rings. The Morgan fingerprint density at radius 1 is 1.12 bits per heavy atom. The van der Waals surface area contributed by atoms with E-state index in [1.54, 1.807) is 0 Å². The van der Waals surface area contributed by atoms with Gasteiger partial charge in [0.1, 0.15) is 11.5 Å². The van der Waals surface area contributed by atoms with Crippen LogP contribution < -0.4 is 15.2 Å². The first kappa shape index (κ1) is 12.6. The number of hydrogen-bond acceptors (Lipinski definition) is 3. The Balaban J connectivity index is 3.37. The van der Waals surface area contributed by atoms with Gasteiger partial charge in [-0.25, -0.2) is 0 Å². The van der Waals surface area contributed by atoms with Crippen molar-refractivity contribution in [1.82, 2.24) is 0 Å². The molecule has 0 radical (unpaired) electrons. The fourth-order valence-electron chi connectivity index (χ4n) is 1.35. The summed E-state index contributed by atoms with van der Waals surface area (Å²) in [7, 11) is 2.57. The average Bonchev–Trinajstić information content (AvgIpc) is 2.25. The second-order valence-electron chi connectivity index (χ2n) is 3.06. The van der Waals surface area contributed by atoms with Crippen molar-refractivity contribution in [3.63, 3.8) is 0 Å². The molecule has 0 fully saturated rings. The van der Waals surface area contributed by atoms with Crippen LogP contribution in [0.1, 0.15) is 11.1 Å². The van der Waals surface area contributed by atoms with E-state index in [0.29, 0.717) is 5.56 Å². The van der Waals surface area contributed by atoms with Crippen molar-refractivity contribution in [2.75, 3.05) is 14.2 Å². The molecule has 16 heavy (non-hydrogen) atoms. The SMILES string of the molecule is COc1cc(C(F)(F)F)cc(OC)c1CN. The smallest absolute Gasteiger partial charge is 0.416 e. The molecule has 1 aromatic carbocycles. The zero-order chi connectivity index (χ0) is 12.3. The number of rotatable bonds is 3. The van der Waals surface area contributed by atoms with Gasteiger partial charge in [-0.05, 0) is 12.1 Å². The van der Waals surface area contributed by atoms with Gasteiger partial charge in [0.05, 0.1) is 19.8 Å². The lowest BCUT2D eigenvalue weighted by atomic mass is 10.1. The third-order valence-corrected chi connectivity index (χ3v) is 2.14. The molecule has 2 N–H and O–H groups in total. The number of alkyl halides is 3. The van der Waals surface area contributed by atoms with Gasteiger partial charge in [-0.3, -0.25) is 0 Å². The van der Waals surface area contributed by atoms with E-state index in [0.717, 1.165) is 12.1 Å². The fourth-order valence-corrected chi connectivity index (χ4v) is 1.35. The van der Waals surface area contributed by atoms with Gasteiger partial charge in [-0.15, -0.1) is 0 Å². The van der Waals surface area contributed by atoms with Crippen molar-refractivity contribution in [1.29, 1.82) is 0 Å². The van der Waals surface area contributed by atoms with Crippen molar-refractivity contribution in [3.8, 4) is 11.5 Å². The van der Waals surface area contributed by atoms with Crippen LogP contribution in [0.25, 0.3) is 0 Å². The maximum absolute atomic E-state index is 12.5. The predicted molar refractivity (Wildman–Crippen MR) is 52.4 cm³/mol. The van der Waals surface area contributed by atoms with Gasteiger partial charge in [-0.1, -0.05) is 0 Å². The van der Waals surface area contributed by atoms with Crippen LogP contribution in [-0.2, 0) is 12.7 Å². The molecule has 0 bridgehead atoms. The third-order valence-electron chi connectivity index (χ3n) is 2.14. The zero-order valence-corrected chi connectivity index (χ0v) is 8.89. The quantitative estimate of drug-likeness (QED) is 0.873. The lowest BCUT2D eigenvalue weighted by Crippen LogP contribution is -2.09. The molecule has 3 nitrogen and oxygen atoms in total. The molecular formula is C10H12F3NO2. The first-order chi connectivity index (χ1) is 7.43. The Labute approximate surface area is 91.0 Å². The number of ether oxygens (including phenoxy) is 2. The van der Waals surface area contributed by atoms with Crippen molar-refractivity contribution in [2.24, 2.45) is 5.73 Å². The summed E-state index contributed by atoms with van der Waals surface area (Å²) >= 11 is 0. The molecule has 0 unspecified atom stereocenters. The number of methoxy groups -OCH3 is 2. The van der Waals surface area contributed by atoms with Gasteiger partial charge in [0.25, 0.3) is 0 Å². The molecule has 0 aromatic heterocycles. The van der Waals surface area contributed by atoms with Gasteiger partial charge in [-0.2, -0.15) is 13.2 Å². The zero-order valence-electron chi connectivity index (χ0n) is 8.89. The summed E-state index contributed by atoms with van der Waals surface area (Å²) in [6.07, 6.45) is -4.44. The molecule has 6 heteroatoms. The first-order valence-corrected chi connectivity index (χ1v) is 4.46. The topological polar surface area (TPSA) is 44.5 Å². The number of hydrogen-bond donors (Lipinski definition) is 1. The van der Waals surface area contributed by atoms with Gasteiger partial charge in [0.15, 0.2) is 0 Å². The molecule has 0 saturated heterocycles. The minimum Gasteiger partial charge on any atom is -0.496 e. The van der Waals surface area contributed by atoms with E-state index in [4.69, 9.17) is 15.2 Å². The fraction of sp³-hybridized carbons (Fsp3) is 0.400. The Hall–Kier alpha value is -1.43. The minimum atomic E-state index is -4.44. The highest BCUT2D eigenvalue weighted by molar-refractivity contribution is 5.48. The van der Waals surface area contributed by atoms with Gasteiger partial charge in [0, 0.05) is 12.1 Å². The van der Waals surface area contributed by atoms with E-state index in [9.17, 15) is 13.2 Å². The van der Waals surface area contributed by atoms with E-state index in [2.05, 4.69) is 0 Å². The van der Waals surface area contributed by atoms with Crippen molar-refractivity contribution in [2.45, 2.75) is 12.7 Å². The molecule has 0 aliphatic carbocycles. The summed E-state index contributed by atoms with van der Waals surface area (Å²) in [5.41, 5.74) is 5.01. The molecule has 1 aromatic rings. The van der Waals surface area contributed by atoms with E-state index < -0.39 is 11.7 Å². The highest BCUT2D eigenvalue weighted by atomic mass is 19.4. The molecule has 0 heterocycles. The maximum Gasteiger partial charge on any atom is 0.416 e. The van der Waals surface area contributed by atoms with Crippen LogP contribution >= 0.6 is 0 Å². The lowest BCUT2D eigenvalue weighted by Gasteiger charge is -2.15. The third kappa shape index (κ3) is 2.38. The lowest BCUT2D eigenvalue weighted by molar-refractivity contribution is -0.137. The second-order valence-corrected chi connectivity index (χ2v) is 3.06. The highest BCUT2D eigenvalue weighted by Gasteiger charge is 2.32. The number of halogens is 3. The Kier molecular flexibility index (Phi) is 3.64. The van der Waals surface area contributed by atoms with Crippen LogP contribution in [0.5, 0.6) is 11.5 Å². The molecular weight excluding hydrogens is 223 g/mol. The second kappa shape index (κ2) is 4.61. The molecule has 0 aliphatic heterocycles. The van der Waals surface area contributed by atoms with Crippen molar-refractivity contribution >= 4 is 0 Å². The summed E-state index contributed by atoms with van der Waals surface area (Å²) in [5.74, 6) is 0.156. The van der Waals surface area contributed by atoms with Gasteiger partial charge >= 0.3 is 6.18 Å². The van der Waals surface area contributed by atoms with Crippen LogP contribution in [0.2, 0.25) is 0 Å². The molecule has 0 saturated carbocycles. The van der Waals surface area contributed by atoms with Gasteiger partial charge in [0.2, 0.25) is 0 Å². The molecule has 0 spiro atoms. The molecule has 0 atom stereocenters. The van der Waals surface area contributed by atoms with E-state index in [-0.39, 0.29) is 18.0 Å². The monoisotopic (exact) mass is 235 g/mol. The van der Waals surface area contributed by atoms with Crippen LogP contribution in [0.3, 0.4) is 0 Å². The van der Waals surface area contributed by atoms with E-state index >= 15 is 0 Å². The summed E-state index contributed by atoms with van der Waals surface area (Å²) in [5, 5.41) is 0. The highest BCUT2D eigenvalue weighted by Crippen LogP contribution is 2.37. The van der Waals surface area contributed by atoms with E-state index in [1.807, 2.05) is 0 Å². The molecule has 90 valence electrons. The number of benzene rings is 1. The normalized spacial score (nSPS) is 11.4. The first-order valence-electron chi connectivity index (χ1n) is 4.46. The Bertz CT molecular complexity index is 352. The van der Waals surface area contributed by atoms with Gasteiger partial charge < -0.3 is 15.2 Å². The summed E-state index contributed by atoms with van der Waals surface area (Å²) < 4.78 is 47.3. The molecule has 0 amide bonds. The standard InChI is InChI=1S/C10H12F3NO2/c1-15-8-3-6(10(11,12)13)4-9(16-2)7(8)5-14/h3-4H,5,14H2,1-2H3. The van der Waals surface area contributed by atoms with Crippen molar-refractivity contribution in [3.05, 3.63) is 23.3 Å². The van der Waals surface area contributed by atoms with Crippen LogP contribution in [0, 0.1) is 0 Å². The minimum absolute atomic E-state index is 0.0461. The van der Waals surface area contributed by atoms with Crippen LogP contribution in [0.4, 0.5) is 13.2 Å². The Morgan fingerprint density at radius 2 is 1.56 bits per heavy atom. The average molecular weight is 235 g/mol. The number of nitrogens with two attached hydrogens (primary N) is 1.